The zero-order valence-corrected chi connectivity index (χ0v) is 16.6. The summed E-state index contributed by atoms with van der Waals surface area (Å²) >= 11 is 0. The van der Waals surface area contributed by atoms with Gasteiger partial charge < -0.3 is 15.0 Å². The number of fused-ring (bicyclic) bond motifs is 3. The quantitative estimate of drug-likeness (QED) is 0.756. The minimum absolute atomic E-state index is 0.0552. The largest absolute Gasteiger partial charge is 0.452 e. The summed E-state index contributed by atoms with van der Waals surface area (Å²) < 4.78 is 28.0. The fourth-order valence-electron chi connectivity index (χ4n) is 4.11. The van der Waals surface area contributed by atoms with Gasteiger partial charge in [0.2, 0.25) is 0 Å². The first-order valence-corrected chi connectivity index (χ1v) is 11.4. The highest BCUT2D eigenvalue weighted by Gasteiger charge is 2.29. The second-order valence-electron chi connectivity index (χ2n) is 7.93. The third-order valence-corrected chi connectivity index (χ3v) is 7.37. The number of carbonyl (C=O) groups excluding carboxylic acids is 2. The van der Waals surface area contributed by atoms with Gasteiger partial charge in [-0.1, -0.05) is 6.92 Å². The lowest BCUT2D eigenvalue weighted by atomic mass is 9.87. The molecule has 0 spiro atoms. The van der Waals surface area contributed by atoms with Gasteiger partial charge in [0, 0.05) is 22.6 Å². The lowest BCUT2D eigenvalue weighted by Crippen LogP contribution is -2.38. The van der Waals surface area contributed by atoms with Crippen LogP contribution in [0.25, 0.3) is 10.9 Å². The van der Waals surface area contributed by atoms with Crippen molar-refractivity contribution >= 4 is 32.6 Å². The zero-order chi connectivity index (χ0) is 19.9. The summed E-state index contributed by atoms with van der Waals surface area (Å²) in [6.45, 7) is 1.81. The predicted molar refractivity (Wildman–Crippen MR) is 105 cm³/mol. The van der Waals surface area contributed by atoms with Crippen LogP contribution in [0.5, 0.6) is 0 Å². The molecule has 8 heteroatoms. The Morgan fingerprint density at radius 3 is 2.86 bits per heavy atom. The molecule has 1 fully saturated rings. The average Bonchev–Trinajstić information content (AvgIpc) is 3.18. The fourth-order valence-corrected chi connectivity index (χ4v) is 5.78. The summed E-state index contributed by atoms with van der Waals surface area (Å²) in [7, 11) is -3.07. The third kappa shape index (κ3) is 3.92. The highest BCUT2D eigenvalue weighted by atomic mass is 32.2. The fraction of sp³-hybridized carbons (Fsp3) is 0.500. The van der Waals surface area contributed by atoms with Crippen LogP contribution in [-0.2, 0) is 32.2 Å². The summed E-state index contributed by atoms with van der Waals surface area (Å²) in [6.07, 6.45) is 3.56. The summed E-state index contributed by atoms with van der Waals surface area (Å²) in [5.41, 5.74) is 3.92. The first-order chi connectivity index (χ1) is 13.3. The van der Waals surface area contributed by atoms with Gasteiger partial charge >= 0.3 is 5.97 Å². The van der Waals surface area contributed by atoms with Crippen molar-refractivity contribution in [2.24, 2.45) is 5.92 Å². The Bertz CT molecular complexity index is 1040. The monoisotopic (exact) mass is 404 g/mol. The van der Waals surface area contributed by atoms with E-state index in [9.17, 15) is 18.0 Å². The average molecular weight is 404 g/mol. The van der Waals surface area contributed by atoms with Gasteiger partial charge in [-0.2, -0.15) is 0 Å². The molecule has 2 heterocycles. The highest BCUT2D eigenvalue weighted by Crippen LogP contribution is 2.32. The minimum atomic E-state index is -3.07. The number of carbonyl (C=O) groups is 2. The molecule has 2 atom stereocenters. The highest BCUT2D eigenvalue weighted by molar-refractivity contribution is 7.91. The Morgan fingerprint density at radius 2 is 2.11 bits per heavy atom. The molecule has 2 N–H and O–H groups in total. The number of hydrogen-bond acceptors (Lipinski definition) is 5. The van der Waals surface area contributed by atoms with E-state index >= 15 is 0 Å². The standard InChI is InChI=1S/C20H24N2O5S/c1-12-2-4-17-15(8-12)16-9-13(3-5-18(16)22-17)20(24)27-10-19(23)21-14-6-7-28(25,26)11-14/h3,5,9,12,14,22H,2,4,6-8,10-11H2,1H3,(H,21,23)/t12-,14-/m1/s1. The van der Waals surface area contributed by atoms with Gasteiger partial charge in [0.25, 0.3) is 5.91 Å². The molecular weight excluding hydrogens is 380 g/mol. The number of benzene rings is 1. The van der Waals surface area contributed by atoms with E-state index in [4.69, 9.17) is 4.74 Å². The van der Waals surface area contributed by atoms with E-state index in [1.54, 1.807) is 6.07 Å². The lowest BCUT2D eigenvalue weighted by molar-refractivity contribution is -0.124. The number of sulfone groups is 1. The molecule has 7 nitrogen and oxygen atoms in total. The second kappa shape index (κ2) is 7.24. The number of aromatic nitrogens is 1. The molecule has 1 aliphatic heterocycles. The molecule has 0 saturated carbocycles. The summed E-state index contributed by atoms with van der Waals surface area (Å²) in [5.74, 6) is -0.401. The van der Waals surface area contributed by atoms with E-state index in [0.717, 1.165) is 30.2 Å². The van der Waals surface area contributed by atoms with Crippen LogP contribution in [0, 0.1) is 5.92 Å². The van der Waals surface area contributed by atoms with Crippen molar-refractivity contribution in [3.05, 3.63) is 35.0 Å². The van der Waals surface area contributed by atoms with Gasteiger partial charge in [-0.25, -0.2) is 13.2 Å². The molecule has 2 aliphatic rings. The molecule has 2 aromatic rings. The number of esters is 1. The summed E-state index contributed by atoms with van der Waals surface area (Å²) in [5, 5.41) is 3.65. The molecule has 1 saturated heterocycles. The maximum Gasteiger partial charge on any atom is 0.338 e. The van der Waals surface area contributed by atoms with Gasteiger partial charge in [0.1, 0.15) is 0 Å². The van der Waals surface area contributed by atoms with E-state index in [1.807, 2.05) is 12.1 Å². The normalized spacial score (nSPS) is 23.3. The smallest absolute Gasteiger partial charge is 0.338 e. The van der Waals surface area contributed by atoms with Crippen LogP contribution in [-0.4, -0.2) is 49.4 Å². The Kier molecular flexibility index (Phi) is 4.91. The van der Waals surface area contributed by atoms with Crippen molar-refractivity contribution in [2.75, 3.05) is 18.1 Å². The van der Waals surface area contributed by atoms with Crippen molar-refractivity contribution in [3.8, 4) is 0 Å². The molecule has 0 bridgehead atoms. The van der Waals surface area contributed by atoms with E-state index in [-0.39, 0.29) is 11.5 Å². The molecule has 1 amide bonds. The molecule has 28 heavy (non-hydrogen) atoms. The molecular formula is C20H24N2O5S. The van der Waals surface area contributed by atoms with Crippen molar-refractivity contribution in [2.45, 2.75) is 38.6 Å². The van der Waals surface area contributed by atoms with Gasteiger partial charge in [-0.05, 0) is 55.4 Å². The van der Waals surface area contributed by atoms with Gasteiger partial charge in [0.05, 0.1) is 17.1 Å². The van der Waals surface area contributed by atoms with E-state index < -0.39 is 34.4 Å². The number of H-pyrrole nitrogens is 1. The number of rotatable bonds is 4. The molecule has 0 unspecified atom stereocenters. The van der Waals surface area contributed by atoms with E-state index in [1.165, 1.54) is 11.3 Å². The van der Waals surface area contributed by atoms with Crippen LogP contribution in [0.2, 0.25) is 0 Å². The predicted octanol–water partition coefficient (Wildman–Crippen LogP) is 1.75. The second-order valence-corrected chi connectivity index (χ2v) is 10.2. The number of hydrogen-bond donors (Lipinski definition) is 2. The molecule has 1 aromatic heterocycles. The lowest BCUT2D eigenvalue weighted by Gasteiger charge is -2.18. The van der Waals surface area contributed by atoms with Crippen LogP contribution in [0.1, 0.15) is 41.4 Å². The van der Waals surface area contributed by atoms with Crippen LogP contribution in [0.15, 0.2) is 18.2 Å². The molecule has 0 radical (unpaired) electrons. The van der Waals surface area contributed by atoms with Gasteiger partial charge in [0.15, 0.2) is 16.4 Å². The number of aromatic amines is 1. The Balaban J connectivity index is 1.40. The topological polar surface area (TPSA) is 105 Å². The molecule has 150 valence electrons. The number of ether oxygens (including phenoxy) is 1. The maximum atomic E-state index is 12.4. The van der Waals surface area contributed by atoms with E-state index in [2.05, 4.69) is 17.2 Å². The molecule has 4 rings (SSSR count). The first kappa shape index (κ1) is 19.0. The minimum Gasteiger partial charge on any atom is -0.452 e. The van der Waals surface area contributed by atoms with Crippen LogP contribution in [0.3, 0.4) is 0 Å². The third-order valence-electron chi connectivity index (χ3n) is 5.60. The number of amides is 1. The van der Waals surface area contributed by atoms with Crippen LogP contribution in [0.4, 0.5) is 0 Å². The Hall–Kier alpha value is -2.35. The van der Waals surface area contributed by atoms with Gasteiger partial charge in [-0.15, -0.1) is 0 Å². The van der Waals surface area contributed by atoms with Gasteiger partial charge in [-0.3, -0.25) is 4.79 Å². The maximum absolute atomic E-state index is 12.4. The number of nitrogens with one attached hydrogen (secondary N) is 2. The van der Waals surface area contributed by atoms with Crippen LogP contribution >= 0.6 is 0 Å². The summed E-state index contributed by atoms with van der Waals surface area (Å²) in [6, 6.07) is 4.99. The van der Waals surface area contributed by atoms with E-state index in [0.29, 0.717) is 17.9 Å². The van der Waals surface area contributed by atoms with Crippen molar-refractivity contribution < 1.29 is 22.7 Å². The number of aryl methyl sites for hydroxylation is 1. The summed E-state index contributed by atoms with van der Waals surface area (Å²) in [4.78, 5) is 27.8. The first-order valence-electron chi connectivity index (χ1n) is 9.61. The van der Waals surface area contributed by atoms with Crippen molar-refractivity contribution in [1.29, 1.82) is 0 Å². The van der Waals surface area contributed by atoms with Crippen molar-refractivity contribution in [1.82, 2.24) is 10.3 Å². The SMILES string of the molecule is C[C@@H]1CCc2[nH]c3ccc(C(=O)OCC(=O)N[C@@H]4CCS(=O)(=O)C4)cc3c2C1. The Morgan fingerprint density at radius 1 is 1.29 bits per heavy atom. The molecule has 1 aromatic carbocycles. The molecule has 1 aliphatic carbocycles. The van der Waals surface area contributed by atoms with Crippen LogP contribution < -0.4 is 5.32 Å². The Labute approximate surface area is 163 Å². The van der Waals surface area contributed by atoms with Crippen molar-refractivity contribution in [3.63, 3.8) is 0 Å². The zero-order valence-electron chi connectivity index (χ0n) is 15.8.